The molecule has 6 nitrogen and oxygen atoms in total. The molecule has 2 aromatic carbocycles. The third-order valence-electron chi connectivity index (χ3n) is 4.01. The predicted molar refractivity (Wildman–Crippen MR) is 92.2 cm³/mol. The largest absolute Gasteiger partial charge is 0.489 e. The van der Waals surface area contributed by atoms with E-state index in [1.165, 1.54) is 36.4 Å². The zero-order valence-electron chi connectivity index (χ0n) is 13.9. The highest BCUT2D eigenvalue weighted by Gasteiger charge is 2.18. The number of benzene rings is 2. The number of nitrogens with one attached hydrogen (secondary N) is 1. The lowest BCUT2D eigenvalue weighted by molar-refractivity contribution is 0.0681. The molecule has 2 aromatic rings. The van der Waals surface area contributed by atoms with Crippen LogP contribution in [0.1, 0.15) is 33.6 Å². The molecule has 1 aliphatic heterocycles. The highest BCUT2D eigenvalue weighted by Crippen LogP contribution is 2.27. The van der Waals surface area contributed by atoms with Gasteiger partial charge in [0.25, 0.3) is 5.91 Å². The van der Waals surface area contributed by atoms with Crippen molar-refractivity contribution in [3.05, 3.63) is 59.4 Å². The van der Waals surface area contributed by atoms with Crippen molar-refractivity contribution >= 4 is 17.6 Å². The SMILES string of the molecule is O=C(O)c1cccc(C(=O)Nc2cc(F)ccc2OCC2CCCO2)c1. The first-order valence-electron chi connectivity index (χ1n) is 8.21. The van der Waals surface area contributed by atoms with Gasteiger partial charge in [0.2, 0.25) is 0 Å². The van der Waals surface area contributed by atoms with Crippen molar-refractivity contribution in [1.29, 1.82) is 0 Å². The van der Waals surface area contributed by atoms with Gasteiger partial charge in [-0.3, -0.25) is 4.79 Å². The topological polar surface area (TPSA) is 84.9 Å². The Morgan fingerprint density at radius 3 is 2.77 bits per heavy atom. The van der Waals surface area contributed by atoms with E-state index in [9.17, 15) is 14.0 Å². The lowest BCUT2D eigenvalue weighted by Gasteiger charge is -2.15. The van der Waals surface area contributed by atoms with Gasteiger partial charge < -0.3 is 19.9 Å². The van der Waals surface area contributed by atoms with Crippen molar-refractivity contribution in [2.24, 2.45) is 0 Å². The molecule has 1 heterocycles. The first kappa shape index (κ1) is 17.9. The van der Waals surface area contributed by atoms with Crippen molar-refractivity contribution in [1.82, 2.24) is 0 Å². The molecule has 1 unspecified atom stereocenters. The predicted octanol–water partition coefficient (Wildman–Crippen LogP) is 3.33. The summed E-state index contributed by atoms with van der Waals surface area (Å²) in [4.78, 5) is 23.4. The Morgan fingerprint density at radius 2 is 2.04 bits per heavy atom. The third kappa shape index (κ3) is 4.37. The van der Waals surface area contributed by atoms with Crippen molar-refractivity contribution in [2.45, 2.75) is 18.9 Å². The molecule has 7 heteroatoms. The van der Waals surface area contributed by atoms with Crippen LogP contribution < -0.4 is 10.1 Å². The lowest BCUT2D eigenvalue weighted by Crippen LogP contribution is -2.18. The number of amides is 1. The number of aromatic carboxylic acids is 1. The summed E-state index contributed by atoms with van der Waals surface area (Å²) >= 11 is 0. The summed E-state index contributed by atoms with van der Waals surface area (Å²) in [7, 11) is 0. The van der Waals surface area contributed by atoms with Gasteiger partial charge in [0.15, 0.2) is 0 Å². The number of halogens is 1. The molecule has 0 aliphatic carbocycles. The van der Waals surface area contributed by atoms with Crippen molar-refractivity contribution in [3.8, 4) is 5.75 Å². The van der Waals surface area contributed by atoms with Crippen LogP contribution in [0.2, 0.25) is 0 Å². The molecule has 1 amide bonds. The minimum Gasteiger partial charge on any atom is -0.489 e. The average molecular weight is 359 g/mol. The monoisotopic (exact) mass is 359 g/mol. The Kier molecular flexibility index (Phi) is 5.48. The molecule has 136 valence electrons. The van der Waals surface area contributed by atoms with E-state index in [4.69, 9.17) is 14.6 Å². The summed E-state index contributed by atoms with van der Waals surface area (Å²) in [5, 5.41) is 11.6. The first-order valence-corrected chi connectivity index (χ1v) is 8.21. The second-order valence-corrected chi connectivity index (χ2v) is 5.93. The summed E-state index contributed by atoms with van der Waals surface area (Å²) in [5.41, 5.74) is 0.319. The molecule has 1 atom stereocenters. The molecular weight excluding hydrogens is 341 g/mol. The molecule has 1 fully saturated rings. The second kappa shape index (κ2) is 7.97. The van der Waals surface area contributed by atoms with Gasteiger partial charge in [-0.1, -0.05) is 6.07 Å². The number of rotatable bonds is 6. The van der Waals surface area contributed by atoms with Crippen LogP contribution in [-0.2, 0) is 4.74 Å². The number of hydrogen-bond acceptors (Lipinski definition) is 4. The van der Waals surface area contributed by atoms with Gasteiger partial charge in [0.05, 0.1) is 17.4 Å². The van der Waals surface area contributed by atoms with E-state index in [2.05, 4.69) is 5.32 Å². The van der Waals surface area contributed by atoms with E-state index in [0.717, 1.165) is 18.9 Å². The van der Waals surface area contributed by atoms with Crippen LogP contribution in [0.15, 0.2) is 42.5 Å². The number of ether oxygens (including phenoxy) is 2. The molecule has 1 saturated heterocycles. The average Bonchev–Trinajstić information content (AvgIpc) is 3.14. The van der Waals surface area contributed by atoms with Crippen LogP contribution in [-0.4, -0.2) is 36.3 Å². The van der Waals surface area contributed by atoms with Gasteiger partial charge in [-0.25, -0.2) is 9.18 Å². The Labute approximate surface area is 149 Å². The summed E-state index contributed by atoms with van der Waals surface area (Å²) in [6, 6.07) is 9.43. The number of carboxylic acids is 1. The summed E-state index contributed by atoms with van der Waals surface area (Å²) in [6.45, 7) is 1.00. The second-order valence-electron chi connectivity index (χ2n) is 5.93. The van der Waals surface area contributed by atoms with Gasteiger partial charge in [-0.15, -0.1) is 0 Å². The summed E-state index contributed by atoms with van der Waals surface area (Å²) in [6.07, 6.45) is 1.85. The van der Waals surface area contributed by atoms with Crippen molar-refractivity contribution in [3.63, 3.8) is 0 Å². The van der Waals surface area contributed by atoms with E-state index in [-0.39, 0.29) is 22.9 Å². The lowest BCUT2D eigenvalue weighted by atomic mass is 10.1. The zero-order valence-corrected chi connectivity index (χ0v) is 13.9. The Morgan fingerprint density at radius 1 is 1.23 bits per heavy atom. The first-order chi connectivity index (χ1) is 12.5. The Bertz CT molecular complexity index is 817. The Hall–Kier alpha value is -2.93. The molecule has 0 saturated carbocycles. The van der Waals surface area contributed by atoms with Crippen LogP contribution in [0, 0.1) is 5.82 Å². The number of carbonyl (C=O) groups is 2. The minimum atomic E-state index is -1.13. The molecular formula is C19H18FNO5. The van der Waals surface area contributed by atoms with Crippen LogP contribution in [0.3, 0.4) is 0 Å². The van der Waals surface area contributed by atoms with Crippen molar-refractivity contribution in [2.75, 3.05) is 18.5 Å². The molecule has 0 aromatic heterocycles. The van der Waals surface area contributed by atoms with Gasteiger partial charge in [-0.05, 0) is 43.2 Å². The van der Waals surface area contributed by atoms with E-state index < -0.39 is 17.7 Å². The van der Waals surface area contributed by atoms with Crippen LogP contribution in [0.5, 0.6) is 5.75 Å². The standard InChI is InChI=1S/C19H18FNO5/c20-14-6-7-17(26-11-15-5-2-8-25-15)16(10-14)21-18(22)12-3-1-4-13(9-12)19(23)24/h1,3-4,6-7,9-10,15H,2,5,8,11H2,(H,21,22)(H,23,24). The number of anilines is 1. The molecule has 3 rings (SSSR count). The zero-order chi connectivity index (χ0) is 18.5. The fourth-order valence-electron chi connectivity index (χ4n) is 2.67. The van der Waals surface area contributed by atoms with Gasteiger partial charge in [0, 0.05) is 18.2 Å². The number of carboxylic acid groups (broad SMARTS) is 1. The maximum Gasteiger partial charge on any atom is 0.335 e. The highest BCUT2D eigenvalue weighted by atomic mass is 19.1. The molecule has 0 bridgehead atoms. The fourth-order valence-corrected chi connectivity index (χ4v) is 2.67. The van der Waals surface area contributed by atoms with Crippen LogP contribution in [0.25, 0.3) is 0 Å². The van der Waals surface area contributed by atoms with E-state index in [1.54, 1.807) is 0 Å². The number of carbonyl (C=O) groups excluding carboxylic acids is 1. The molecule has 2 N–H and O–H groups in total. The minimum absolute atomic E-state index is 0.00764. The Balaban J connectivity index is 1.75. The summed E-state index contributed by atoms with van der Waals surface area (Å²) in [5.74, 6) is -1.89. The van der Waals surface area contributed by atoms with E-state index >= 15 is 0 Å². The third-order valence-corrected chi connectivity index (χ3v) is 4.01. The van der Waals surface area contributed by atoms with Crippen LogP contribution >= 0.6 is 0 Å². The number of hydrogen-bond donors (Lipinski definition) is 2. The summed E-state index contributed by atoms with van der Waals surface area (Å²) < 4.78 is 24.8. The van der Waals surface area contributed by atoms with Gasteiger partial charge in [-0.2, -0.15) is 0 Å². The quantitative estimate of drug-likeness (QED) is 0.826. The molecule has 0 radical (unpaired) electrons. The molecule has 0 spiro atoms. The van der Waals surface area contributed by atoms with Crippen LogP contribution in [0.4, 0.5) is 10.1 Å². The molecule has 26 heavy (non-hydrogen) atoms. The maximum absolute atomic E-state index is 13.6. The van der Waals surface area contributed by atoms with E-state index in [0.29, 0.717) is 19.0 Å². The maximum atomic E-state index is 13.6. The van der Waals surface area contributed by atoms with Gasteiger partial charge >= 0.3 is 5.97 Å². The smallest absolute Gasteiger partial charge is 0.335 e. The van der Waals surface area contributed by atoms with Gasteiger partial charge in [0.1, 0.15) is 18.2 Å². The fraction of sp³-hybridized carbons (Fsp3) is 0.263. The molecule has 1 aliphatic rings. The van der Waals surface area contributed by atoms with Crippen molar-refractivity contribution < 1.29 is 28.6 Å². The normalized spacial score (nSPS) is 16.3. The van der Waals surface area contributed by atoms with E-state index in [1.807, 2.05) is 0 Å². The highest BCUT2D eigenvalue weighted by molar-refractivity contribution is 6.06.